The highest BCUT2D eigenvalue weighted by molar-refractivity contribution is 6.05. The molecule has 4 nitrogen and oxygen atoms in total. The first-order valence-electron chi connectivity index (χ1n) is 7.24. The van der Waals surface area contributed by atoms with Gasteiger partial charge in [0, 0.05) is 6.42 Å². The molecule has 2 rings (SSSR count). The van der Waals surface area contributed by atoms with Gasteiger partial charge < -0.3 is 5.11 Å². The number of hydrogen-bond acceptors (Lipinski definition) is 3. The van der Waals surface area contributed by atoms with Crippen molar-refractivity contribution in [1.82, 2.24) is 4.90 Å². The van der Waals surface area contributed by atoms with Crippen molar-refractivity contribution in [3.8, 4) is 0 Å². The van der Waals surface area contributed by atoms with Crippen LogP contribution in [-0.2, 0) is 9.59 Å². The van der Waals surface area contributed by atoms with Crippen LogP contribution in [-0.4, -0.2) is 28.4 Å². The zero-order valence-electron chi connectivity index (χ0n) is 13.4. The Morgan fingerprint density at radius 3 is 2.14 bits per heavy atom. The summed E-state index contributed by atoms with van der Waals surface area (Å²) in [5, 5.41) is 10.5. The fourth-order valence-electron chi connectivity index (χ4n) is 3.19. The number of rotatable bonds is 3. The average Bonchev–Trinajstić information content (AvgIpc) is 2.50. The maximum Gasteiger partial charge on any atom is 0.235 e. The SMILES string of the molecule is Cc1cc(C)c(C(O)CN2C(=O)CC(C)(C)C2=O)c(C)c1. The minimum Gasteiger partial charge on any atom is -0.387 e. The second kappa shape index (κ2) is 5.26. The summed E-state index contributed by atoms with van der Waals surface area (Å²) in [4.78, 5) is 25.4. The predicted molar refractivity (Wildman–Crippen MR) is 80.7 cm³/mol. The third-order valence-electron chi connectivity index (χ3n) is 4.15. The number of aliphatic hydroxyl groups is 1. The molecule has 114 valence electrons. The third kappa shape index (κ3) is 2.86. The number of benzene rings is 1. The lowest BCUT2D eigenvalue weighted by atomic mass is 9.92. The summed E-state index contributed by atoms with van der Waals surface area (Å²) in [5.41, 5.74) is 3.26. The molecule has 1 atom stereocenters. The maximum atomic E-state index is 12.2. The van der Waals surface area contributed by atoms with Crippen LogP contribution in [0.1, 0.15) is 48.6 Å². The molecule has 0 aliphatic carbocycles. The van der Waals surface area contributed by atoms with Crippen LogP contribution in [0.4, 0.5) is 0 Å². The zero-order valence-corrected chi connectivity index (χ0v) is 13.4. The van der Waals surface area contributed by atoms with Crippen LogP contribution in [0.2, 0.25) is 0 Å². The molecule has 1 aromatic rings. The van der Waals surface area contributed by atoms with Crippen LogP contribution in [0, 0.1) is 26.2 Å². The molecule has 1 aromatic carbocycles. The topological polar surface area (TPSA) is 57.6 Å². The summed E-state index contributed by atoms with van der Waals surface area (Å²) in [6.07, 6.45) is -0.628. The van der Waals surface area contributed by atoms with Gasteiger partial charge in [0.15, 0.2) is 0 Å². The number of amides is 2. The number of carbonyl (C=O) groups excluding carboxylic acids is 2. The summed E-state index contributed by atoms with van der Waals surface area (Å²) >= 11 is 0. The molecule has 1 fully saturated rings. The third-order valence-corrected chi connectivity index (χ3v) is 4.15. The Morgan fingerprint density at radius 1 is 1.19 bits per heavy atom. The lowest BCUT2D eigenvalue weighted by Gasteiger charge is -2.23. The molecule has 2 amide bonds. The molecule has 1 aliphatic rings. The van der Waals surface area contributed by atoms with Gasteiger partial charge in [0.1, 0.15) is 0 Å². The monoisotopic (exact) mass is 289 g/mol. The molecule has 1 saturated heterocycles. The molecule has 21 heavy (non-hydrogen) atoms. The first kappa shape index (κ1) is 15.7. The van der Waals surface area contributed by atoms with Crippen LogP contribution in [0.25, 0.3) is 0 Å². The van der Waals surface area contributed by atoms with E-state index in [0.717, 1.165) is 22.3 Å². The van der Waals surface area contributed by atoms with Gasteiger partial charge in [-0.05, 0) is 37.5 Å². The highest BCUT2D eigenvalue weighted by Gasteiger charge is 2.45. The van der Waals surface area contributed by atoms with Crippen LogP contribution in [0.15, 0.2) is 12.1 Å². The Balaban J connectivity index is 2.25. The largest absolute Gasteiger partial charge is 0.387 e. The lowest BCUT2D eigenvalue weighted by molar-refractivity contribution is -0.142. The molecular weight excluding hydrogens is 266 g/mol. The Hall–Kier alpha value is -1.68. The van der Waals surface area contributed by atoms with Crippen molar-refractivity contribution in [3.05, 3.63) is 34.4 Å². The van der Waals surface area contributed by atoms with E-state index in [1.807, 2.05) is 32.9 Å². The molecular formula is C17H23NO3. The first-order chi connectivity index (χ1) is 9.63. The van der Waals surface area contributed by atoms with Crippen molar-refractivity contribution >= 4 is 11.8 Å². The van der Waals surface area contributed by atoms with Gasteiger partial charge in [-0.1, -0.05) is 31.5 Å². The van der Waals surface area contributed by atoms with Crippen molar-refractivity contribution in [2.45, 2.75) is 47.1 Å². The van der Waals surface area contributed by atoms with E-state index in [1.165, 1.54) is 4.90 Å². The van der Waals surface area contributed by atoms with Gasteiger partial charge in [0.2, 0.25) is 11.8 Å². The second-order valence-electron chi connectivity index (χ2n) is 6.70. The number of likely N-dealkylation sites (tertiary alicyclic amines) is 1. The van der Waals surface area contributed by atoms with E-state index in [9.17, 15) is 14.7 Å². The second-order valence-corrected chi connectivity index (χ2v) is 6.70. The molecule has 0 spiro atoms. The summed E-state index contributed by atoms with van der Waals surface area (Å²) in [7, 11) is 0. The number of hydrogen-bond donors (Lipinski definition) is 1. The molecule has 1 heterocycles. The van der Waals surface area contributed by atoms with E-state index in [4.69, 9.17) is 0 Å². The number of β-amino-alcohol motifs (C(OH)–C–C–N with tert-alkyl or cyclic N) is 1. The number of imide groups is 1. The van der Waals surface area contributed by atoms with Crippen molar-refractivity contribution < 1.29 is 14.7 Å². The van der Waals surface area contributed by atoms with Crippen molar-refractivity contribution in [2.75, 3.05) is 6.54 Å². The van der Waals surface area contributed by atoms with Gasteiger partial charge in [-0.25, -0.2) is 0 Å². The highest BCUT2D eigenvalue weighted by Crippen LogP contribution is 2.33. The molecule has 0 bridgehead atoms. The molecule has 0 radical (unpaired) electrons. The molecule has 1 unspecified atom stereocenters. The smallest absolute Gasteiger partial charge is 0.235 e. The van der Waals surface area contributed by atoms with Crippen LogP contribution < -0.4 is 0 Å². The van der Waals surface area contributed by atoms with E-state index in [2.05, 4.69) is 0 Å². The number of aryl methyl sites for hydroxylation is 3. The molecule has 4 heteroatoms. The van der Waals surface area contributed by atoms with Gasteiger partial charge in [-0.15, -0.1) is 0 Å². The summed E-state index contributed by atoms with van der Waals surface area (Å²) in [6.45, 7) is 9.45. The molecule has 1 aliphatic heterocycles. The summed E-state index contributed by atoms with van der Waals surface area (Å²) in [6, 6.07) is 4.01. The van der Waals surface area contributed by atoms with Gasteiger partial charge in [-0.3, -0.25) is 14.5 Å². The maximum absolute atomic E-state index is 12.2. The Labute approximate surface area is 125 Å². The van der Waals surface area contributed by atoms with E-state index in [1.54, 1.807) is 13.8 Å². The Kier molecular flexibility index (Phi) is 3.93. The van der Waals surface area contributed by atoms with Gasteiger partial charge in [-0.2, -0.15) is 0 Å². The number of nitrogens with zero attached hydrogens (tertiary/aromatic N) is 1. The molecule has 1 N–H and O–H groups in total. The molecule has 0 saturated carbocycles. The highest BCUT2D eigenvalue weighted by atomic mass is 16.3. The summed E-state index contributed by atoms with van der Waals surface area (Å²) in [5.74, 6) is -0.402. The average molecular weight is 289 g/mol. The van der Waals surface area contributed by atoms with Crippen molar-refractivity contribution in [1.29, 1.82) is 0 Å². The fraction of sp³-hybridized carbons (Fsp3) is 0.529. The first-order valence-corrected chi connectivity index (χ1v) is 7.24. The minimum atomic E-state index is -0.840. The lowest BCUT2D eigenvalue weighted by Crippen LogP contribution is -2.36. The Bertz CT molecular complexity index is 581. The Morgan fingerprint density at radius 2 is 1.71 bits per heavy atom. The van der Waals surface area contributed by atoms with E-state index >= 15 is 0 Å². The van der Waals surface area contributed by atoms with Crippen molar-refractivity contribution in [2.24, 2.45) is 5.41 Å². The quantitative estimate of drug-likeness (QED) is 0.869. The van der Waals surface area contributed by atoms with Crippen LogP contribution >= 0.6 is 0 Å². The summed E-state index contributed by atoms with van der Waals surface area (Å²) < 4.78 is 0. The normalized spacial score (nSPS) is 19.2. The molecule has 0 aromatic heterocycles. The van der Waals surface area contributed by atoms with Gasteiger partial charge in [0.05, 0.1) is 18.1 Å². The number of aliphatic hydroxyl groups excluding tert-OH is 1. The fourth-order valence-corrected chi connectivity index (χ4v) is 3.19. The van der Waals surface area contributed by atoms with Crippen LogP contribution in [0.5, 0.6) is 0 Å². The number of carbonyl (C=O) groups is 2. The van der Waals surface area contributed by atoms with Gasteiger partial charge >= 0.3 is 0 Å². The van der Waals surface area contributed by atoms with Gasteiger partial charge in [0.25, 0.3) is 0 Å². The minimum absolute atomic E-state index is 0.0336. The predicted octanol–water partition coefficient (Wildman–Crippen LogP) is 2.43. The van der Waals surface area contributed by atoms with E-state index in [0.29, 0.717) is 0 Å². The zero-order chi connectivity index (χ0) is 15.9. The standard InChI is InChI=1S/C17H23NO3/c1-10-6-11(2)15(12(3)7-10)13(19)9-18-14(20)8-17(4,5)16(18)21/h6-7,13,19H,8-9H2,1-5H3. The van der Waals surface area contributed by atoms with E-state index in [-0.39, 0.29) is 24.8 Å². The van der Waals surface area contributed by atoms with E-state index < -0.39 is 11.5 Å². The van der Waals surface area contributed by atoms with Crippen molar-refractivity contribution in [3.63, 3.8) is 0 Å². The van der Waals surface area contributed by atoms with Crippen LogP contribution in [0.3, 0.4) is 0 Å².